The van der Waals surface area contributed by atoms with Gasteiger partial charge in [-0.25, -0.2) is 0 Å². The molecule has 0 radical (unpaired) electrons. The van der Waals surface area contributed by atoms with Crippen LogP contribution >= 0.6 is 0 Å². The summed E-state index contributed by atoms with van der Waals surface area (Å²) < 4.78 is 3.76. The van der Waals surface area contributed by atoms with Crippen molar-refractivity contribution < 1.29 is 24.6 Å². The van der Waals surface area contributed by atoms with E-state index in [9.17, 15) is 0 Å². The second-order valence-electron chi connectivity index (χ2n) is 0.576. The van der Waals surface area contributed by atoms with Gasteiger partial charge in [0.1, 0.15) is 0 Å². The van der Waals surface area contributed by atoms with Crippen LogP contribution in [0.5, 0.6) is 0 Å². The van der Waals surface area contributed by atoms with Gasteiger partial charge in [0.05, 0.1) is 0 Å². The molecular weight excluding hydrogens is 141 g/mol. The van der Waals surface area contributed by atoms with Crippen LogP contribution in [0.2, 0.25) is 0 Å². The Hall–Kier alpha value is 0.423. The molecule has 0 unspecified atom stereocenters. The summed E-state index contributed by atoms with van der Waals surface area (Å²) in [4.78, 5) is 0. The molecule has 0 N–H and O–H groups in total. The van der Waals surface area contributed by atoms with Crippen molar-refractivity contribution >= 4 is 0 Å². The Labute approximate surface area is 46.9 Å². The van der Waals surface area contributed by atoms with Gasteiger partial charge in [0, 0.05) is 0 Å². The van der Waals surface area contributed by atoms with E-state index < -0.39 is 0 Å². The summed E-state index contributed by atoms with van der Waals surface area (Å²) in [5.41, 5.74) is 0. The Balaban J connectivity index is 2.65. The van der Waals surface area contributed by atoms with Crippen LogP contribution in [0, 0.1) is 6.58 Å². The number of hydrogen-bond donors (Lipinski definition) is 0. The van der Waals surface area contributed by atoms with E-state index in [0.717, 1.165) is 0 Å². The van der Waals surface area contributed by atoms with Crippen molar-refractivity contribution in [3.05, 3.63) is 12.7 Å². The van der Waals surface area contributed by atoms with Gasteiger partial charge in [0.15, 0.2) is 0 Å². The van der Waals surface area contributed by atoms with Crippen LogP contribution in [0.25, 0.3) is 0 Å². The Morgan fingerprint density at radius 2 is 2.60 bits per heavy atom. The predicted molar refractivity (Wildman–Crippen MR) is 16.2 cm³/mol. The van der Waals surface area contributed by atoms with E-state index >= 15 is 0 Å². The summed E-state index contributed by atoms with van der Waals surface area (Å²) in [5.74, 6) is 0. The van der Waals surface area contributed by atoms with Gasteiger partial charge in [-0.05, 0) is 0 Å². The average Bonchev–Trinajstić information content (AvgIpc) is 1.41. The van der Waals surface area contributed by atoms with E-state index in [2.05, 4.69) is 2.87 Å². The van der Waals surface area contributed by atoms with E-state index in [-0.39, 0.29) is 0 Å². The minimum atomic E-state index is 0.707. The topological polar surface area (TPSA) is 12.4 Å². The van der Waals surface area contributed by atoms with Gasteiger partial charge in [-0.3, -0.25) is 0 Å². The molecule has 0 atom stereocenters. The van der Waals surface area contributed by atoms with Crippen LogP contribution in [0.1, 0.15) is 0 Å². The first-order chi connectivity index (χ1) is 2.41. The molecular formula is C3H4NZr-. The van der Waals surface area contributed by atoms with E-state index in [1.54, 1.807) is 0 Å². The molecule has 0 bridgehead atoms. The minimum absolute atomic E-state index is 0.707. The second-order valence-corrected chi connectivity index (χ2v) is 1.35. The van der Waals surface area contributed by atoms with E-state index in [1.165, 1.54) is 30.6 Å². The summed E-state index contributed by atoms with van der Waals surface area (Å²) >= 11 is 1.20. The van der Waals surface area contributed by atoms with Gasteiger partial charge in [-0.15, -0.1) is 0 Å². The Morgan fingerprint density at radius 1 is 2.00 bits per heavy atom. The van der Waals surface area contributed by atoms with Gasteiger partial charge in [0.25, 0.3) is 0 Å². The summed E-state index contributed by atoms with van der Waals surface area (Å²) in [6.07, 6.45) is 1.54. The molecule has 0 spiro atoms. The predicted octanol–water partition coefficient (Wildman–Crippen LogP) is 0.706. The zero-order chi connectivity index (χ0) is 4.12. The van der Waals surface area contributed by atoms with Gasteiger partial charge in [-0.1, -0.05) is 0 Å². The van der Waals surface area contributed by atoms with Gasteiger partial charge in [-0.2, -0.15) is 0 Å². The van der Waals surface area contributed by atoms with Crippen molar-refractivity contribution in [2.45, 2.75) is 0 Å². The van der Waals surface area contributed by atoms with Gasteiger partial charge in [0.2, 0.25) is 0 Å². The summed E-state index contributed by atoms with van der Waals surface area (Å²) in [7, 11) is 0. The van der Waals surface area contributed by atoms with Gasteiger partial charge >= 0.3 is 46.6 Å². The van der Waals surface area contributed by atoms with E-state index in [0.29, 0.717) is 6.54 Å². The molecule has 0 aromatic carbocycles. The third kappa shape index (κ3) is 4.42. The third-order valence-electron chi connectivity index (χ3n) is 0.197. The molecule has 1 nitrogen and oxygen atoms in total. The standard InChI is InChI=1S/C3H4N.Zr/c1-2-3-4;/h1-2H,3H2;/q-1;. The fourth-order valence-electron chi connectivity index (χ4n) is 0.0527. The molecule has 0 aliphatic heterocycles. The van der Waals surface area contributed by atoms with Crippen molar-refractivity contribution in [1.29, 1.82) is 0 Å². The molecule has 0 aliphatic carbocycles. The Morgan fingerprint density at radius 3 is 2.60 bits per heavy atom. The van der Waals surface area contributed by atoms with Crippen molar-refractivity contribution in [2.24, 2.45) is 2.87 Å². The fraction of sp³-hybridized carbons (Fsp3) is 0.333. The number of nitrogens with zero attached hydrogens (tertiary/aromatic N) is 1. The molecule has 0 heterocycles. The second kappa shape index (κ2) is 4.42. The van der Waals surface area contributed by atoms with Crippen LogP contribution in [-0.4, -0.2) is 6.54 Å². The van der Waals surface area contributed by atoms with Crippen LogP contribution in [0.4, 0.5) is 0 Å². The third-order valence-corrected chi connectivity index (χ3v) is 0.645. The quantitative estimate of drug-likeness (QED) is 0.507. The van der Waals surface area contributed by atoms with Crippen LogP contribution in [0.3, 0.4) is 0 Å². The normalized spacial score (nSPS) is 6.20. The molecule has 0 fully saturated rings. The van der Waals surface area contributed by atoms with Crippen molar-refractivity contribution in [3.8, 4) is 0 Å². The zero-order valence-corrected chi connectivity index (χ0v) is 5.27. The zero-order valence-electron chi connectivity index (χ0n) is 2.81. The van der Waals surface area contributed by atoms with Crippen molar-refractivity contribution in [1.82, 2.24) is 0 Å². The molecule has 0 rings (SSSR count). The molecule has 2 heteroatoms. The maximum absolute atomic E-state index is 4.93. The molecule has 0 saturated carbocycles. The Kier molecular flexibility index (Phi) is 4.80. The monoisotopic (exact) mass is 144 g/mol. The number of hydrogen-bond acceptors (Lipinski definition) is 1. The molecule has 0 aliphatic rings. The molecule has 0 amide bonds. The SMILES string of the molecule is [CH-]=CC[N]=[Zr]. The fourth-order valence-corrected chi connectivity index (χ4v) is 0.312. The molecule has 0 saturated heterocycles. The van der Waals surface area contributed by atoms with Crippen molar-refractivity contribution in [2.75, 3.05) is 6.54 Å². The van der Waals surface area contributed by atoms with E-state index in [4.69, 9.17) is 6.58 Å². The number of rotatable bonds is 2. The Bertz CT molecular complexity index is 36.2. The summed E-state index contributed by atoms with van der Waals surface area (Å²) in [6.45, 7) is 5.64. The van der Waals surface area contributed by atoms with Gasteiger partial charge < -0.3 is 0 Å². The van der Waals surface area contributed by atoms with Crippen molar-refractivity contribution in [3.63, 3.8) is 0 Å². The molecule has 5 heavy (non-hydrogen) atoms. The van der Waals surface area contributed by atoms with Crippen LogP contribution in [0.15, 0.2) is 8.95 Å². The molecule has 0 aromatic rings. The average molecular weight is 145 g/mol. The first-order valence-corrected chi connectivity index (χ1v) is 2.38. The molecule has 0 aromatic heterocycles. The van der Waals surface area contributed by atoms with Crippen LogP contribution < -0.4 is 0 Å². The molecule has 26 valence electrons. The summed E-state index contributed by atoms with van der Waals surface area (Å²) in [5, 5.41) is 0. The maximum atomic E-state index is 4.93. The van der Waals surface area contributed by atoms with E-state index in [1.807, 2.05) is 0 Å². The summed E-state index contributed by atoms with van der Waals surface area (Å²) in [6, 6.07) is 0. The first-order valence-electron chi connectivity index (χ1n) is 1.28. The van der Waals surface area contributed by atoms with Crippen LogP contribution in [-0.2, 0) is 24.6 Å². The first kappa shape index (κ1) is 5.42.